The first-order chi connectivity index (χ1) is 11.7. The van der Waals surface area contributed by atoms with Crippen molar-refractivity contribution < 1.29 is 9.59 Å². The Bertz CT molecular complexity index is 595. The van der Waals surface area contributed by atoms with E-state index in [1.165, 1.54) is 6.42 Å². The zero-order chi connectivity index (χ0) is 18.6. The molecule has 140 valence electrons. The molecule has 1 fully saturated rings. The smallest absolute Gasteiger partial charge is 0.257 e. The van der Waals surface area contributed by atoms with Crippen LogP contribution in [0.3, 0.4) is 0 Å². The highest BCUT2D eigenvalue weighted by Gasteiger charge is 2.29. The minimum atomic E-state index is -0.305. The quantitative estimate of drug-likeness (QED) is 0.889. The van der Waals surface area contributed by atoms with Crippen LogP contribution in [0.4, 0.5) is 0 Å². The van der Waals surface area contributed by atoms with Gasteiger partial charge in [0.05, 0.1) is 11.8 Å². The fourth-order valence-corrected chi connectivity index (χ4v) is 3.27. The van der Waals surface area contributed by atoms with Crippen molar-refractivity contribution in [2.24, 2.45) is 0 Å². The summed E-state index contributed by atoms with van der Waals surface area (Å²) in [6.45, 7) is 10.0. The van der Waals surface area contributed by atoms with E-state index < -0.39 is 0 Å². The second kappa shape index (κ2) is 8.02. The molecule has 1 N–H and O–H groups in total. The summed E-state index contributed by atoms with van der Waals surface area (Å²) >= 11 is 0. The van der Waals surface area contributed by atoms with Gasteiger partial charge in [-0.05, 0) is 47.5 Å². The number of nitrogens with one attached hydrogen (secondary N) is 1. The molecule has 1 aliphatic rings. The first-order valence-electron chi connectivity index (χ1n) is 9.33. The fraction of sp³-hybridized carbons (Fsp3) is 0.737. The van der Waals surface area contributed by atoms with Crippen molar-refractivity contribution >= 4 is 11.8 Å². The molecule has 25 heavy (non-hydrogen) atoms. The Kier molecular flexibility index (Phi) is 6.25. The SMILES string of the molecule is CC(C)n1cc(C(=O)N(CC(=O)NC(C)(C)C)C2CCCCC2)cn1. The number of nitrogens with zero attached hydrogens (tertiary/aromatic N) is 3. The molecular weight excluding hydrogens is 316 g/mol. The van der Waals surface area contributed by atoms with Crippen molar-refractivity contribution in [1.82, 2.24) is 20.0 Å². The predicted molar refractivity (Wildman–Crippen MR) is 98.4 cm³/mol. The van der Waals surface area contributed by atoms with Crippen LogP contribution in [0.5, 0.6) is 0 Å². The van der Waals surface area contributed by atoms with Crippen LogP contribution < -0.4 is 5.32 Å². The molecule has 1 saturated carbocycles. The fourth-order valence-electron chi connectivity index (χ4n) is 3.27. The lowest BCUT2D eigenvalue weighted by Gasteiger charge is -2.34. The molecule has 0 aromatic carbocycles. The molecule has 0 atom stereocenters. The van der Waals surface area contributed by atoms with Gasteiger partial charge >= 0.3 is 0 Å². The lowest BCUT2D eigenvalue weighted by atomic mass is 9.93. The number of amides is 2. The Labute approximate surface area is 151 Å². The Hall–Kier alpha value is -1.85. The van der Waals surface area contributed by atoms with E-state index in [4.69, 9.17) is 0 Å². The van der Waals surface area contributed by atoms with E-state index in [1.54, 1.807) is 22.0 Å². The van der Waals surface area contributed by atoms with Crippen molar-refractivity contribution in [1.29, 1.82) is 0 Å². The van der Waals surface area contributed by atoms with E-state index in [2.05, 4.69) is 10.4 Å². The largest absolute Gasteiger partial charge is 0.350 e. The molecule has 0 saturated heterocycles. The normalized spacial score (nSPS) is 16.1. The molecule has 0 bridgehead atoms. The first-order valence-corrected chi connectivity index (χ1v) is 9.33. The minimum Gasteiger partial charge on any atom is -0.350 e. The predicted octanol–water partition coefficient (Wildman–Crippen LogP) is 3.15. The van der Waals surface area contributed by atoms with Crippen LogP contribution in [-0.2, 0) is 4.79 Å². The zero-order valence-corrected chi connectivity index (χ0v) is 16.2. The van der Waals surface area contributed by atoms with Gasteiger partial charge in [0.15, 0.2) is 0 Å². The van der Waals surface area contributed by atoms with E-state index in [-0.39, 0.29) is 36.0 Å². The summed E-state index contributed by atoms with van der Waals surface area (Å²) in [5.74, 6) is -0.203. The van der Waals surface area contributed by atoms with Gasteiger partial charge in [-0.15, -0.1) is 0 Å². The molecule has 0 aliphatic heterocycles. The Morgan fingerprint density at radius 3 is 2.44 bits per heavy atom. The first kappa shape index (κ1) is 19.5. The van der Waals surface area contributed by atoms with E-state index in [0.29, 0.717) is 5.56 Å². The van der Waals surface area contributed by atoms with Crippen molar-refractivity contribution in [2.75, 3.05) is 6.54 Å². The third kappa shape index (κ3) is 5.58. The van der Waals surface area contributed by atoms with Crippen LogP contribution in [0.2, 0.25) is 0 Å². The van der Waals surface area contributed by atoms with Crippen molar-refractivity contribution in [2.45, 2.75) is 84.3 Å². The van der Waals surface area contributed by atoms with Crippen molar-refractivity contribution in [3.8, 4) is 0 Å². The maximum atomic E-state index is 13.1. The monoisotopic (exact) mass is 348 g/mol. The van der Waals surface area contributed by atoms with Gasteiger partial charge in [0.2, 0.25) is 5.91 Å². The summed E-state index contributed by atoms with van der Waals surface area (Å²) in [7, 11) is 0. The molecule has 0 spiro atoms. The lowest BCUT2D eigenvalue weighted by molar-refractivity contribution is -0.123. The molecule has 2 amide bonds. The number of rotatable bonds is 5. The third-order valence-electron chi connectivity index (χ3n) is 4.48. The number of hydrogen-bond donors (Lipinski definition) is 1. The minimum absolute atomic E-state index is 0.0946. The average molecular weight is 348 g/mol. The molecule has 1 aliphatic carbocycles. The summed E-state index contributed by atoms with van der Waals surface area (Å²) < 4.78 is 1.78. The highest BCUT2D eigenvalue weighted by molar-refractivity contribution is 5.96. The van der Waals surface area contributed by atoms with E-state index >= 15 is 0 Å². The number of carbonyl (C=O) groups is 2. The van der Waals surface area contributed by atoms with Crippen LogP contribution in [0.25, 0.3) is 0 Å². The van der Waals surface area contributed by atoms with Gasteiger partial charge in [0.1, 0.15) is 6.54 Å². The second-order valence-electron chi connectivity index (χ2n) is 8.33. The van der Waals surface area contributed by atoms with Gasteiger partial charge in [-0.2, -0.15) is 5.10 Å². The number of hydrogen-bond acceptors (Lipinski definition) is 3. The summed E-state index contributed by atoms with van der Waals surface area (Å²) in [4.78, 5) is 27.3. The van der Waals surface area contributed by atoms with Crippen LogP contribution in [0, 0.1) is 0 Å². The maximum Gasteiger partial charge on any atom is 0.257 e. The van der Waals surface area contributed by atoms with Crippen molar-refractivity contribution in [3.63, 3.8) is 0 Å². The van der Waals surface area contributed by atoms with Gasteiger partial charge in [-0.25, -0.2) is 0 Å². The van der Waals surface area contributed by atoms with E-state index in [0.717, 1.165) is 25.7 Å². The summed E-state index contributed by atoms with van der Waals surface area (Å²) in [5.41, 5.74) is 0.254. The molecule has 6 nitrogen and oxygen atoms in total. The average Bonchev–Trinajstić information content (AvgIpc) is 3.01. The number of carbonyl (C=O) groups excluding carboxylic acids is 2. The summed E-state index contributed by atoms with van der Waals surface area (Å²) in [5, 5.41) is 7.24. The molecule has 1 aromatic heterocycles. The van der Waals surface area contributed by atoms with Gasteiger partial charge < -0.3 is 10.2 Å². The molecular formula is C19H32N4O2. The standard InChI is InChI=1S/C19H32N4O2/c1-14(2)23-12-15(11-20-23)18(25)22(16-9-7-6-8-10-16)13-17(24)21-19(3,4)5/h11-12,14,16H,6-10,13H2,1-5H3,(H,21,24). The van der Waals surface area contributed by atoms with Gasteiger partial charge in [-0.3, -0.25) is 14.3 Å². The summed E-state index contributed by atoms with van der Waals surface area (Å²) in [6.07, 6.45) is 8.75. The lowest BCUT2D eigenvalue weighted by Crippen LogP contribution is -2.50. The Morgan fingerprint density at radius 2 is 1.92 bits per heavy atom. The van der Waals surface area contributed by atoms with Crippen LogP contribution in [0.15, 0.2) is 12.4 Å². The third-order valence-corrected chi connectivity index (χ3v) is 4.48. The molecule has 1 aromatic rings. The van der Waals surface area contributed by atoms with E-state index in [9.17, 15) is 9.59 Å². The number of aromatic nitrogens is 2. The summed E-state index contributed by atoms with van der Waals surface area (Å²) in [6, 6.07) is 0.336. The van der Waals surface area contributed by atoms with E-state index in [1.807, 2.05) is 34.6 Å². The molecule has 1 heterocycles. The molecule has 0 radical (unpaired) electrons. The highest BCUT2D eigenvalue weighted by Crippen LogP contribution is 2.24. The maximum absolute atomic E-state index is 13.1. The van der Waals surface area contributed by atoms with Crippen LogP contribution in [-0.4, -0.2) is 44.6 Å². The molecule has 0 unspecified atom stereocenters. The van der Waals surface area contributed by atoms with Gasteiger partial charge in [0, 0.05) is 23.8 Å². The highest BCUT2D eigenvalue weighted by atomic mass is 16.2. The molecule has 6 heteroatoms. The van der Waals surface area contributed by atoms with Crippen LogP contribution >= 0.6 is 0 Å². The molecule has 2 rings (SSSR count). The van der Waals surface area contributed by atoms with Crippen LogP contribution in [0.1, 0.15) is 83.1 Å². The second-order valence-corrected chi connectivity index (χ2v) is 8.33. The Morgan fingerprint density at radius 1 is 1.28 bits per heavy atom. The van der Waals surface area contributed by atoms with Crippen molar-refractivity contribution in [3.05, 3.63) is 18.0 Å². The topological polar surface area (TPSA) is 67.2 Å². The van der Waals surface area contributed by atoms with Gasteiger partial charge in [-0.1, -0.05) is 19.3 Å². The Balaban J connectivity index is 2.17. The van der Waals surface area contributed by atoms with Gasteiger partial charge in [0.25, 0.3) is 5.91 Å². The zero-order valence-electron chi connectivity index (χ0n) is 16.2.